The number of carbonyl (C=O) groups excluding carboxylic acids is 4. The molecule has 5 unspecified atom stereocenters. The zero-order valence-corrected chi connectivity index (χ0v) is 41.9. The molecule has 0 spiro atoms. The number of likely N-dealkylation sites (N-methyl/N-ethyl adjacent to an activating group) is 1. The van der Waals surface area contributed by atoms with Crippen molar-refractivity contribution in [1.82, 2.24) is 45.2 Å². The predicted octanol–water partition coefficient (Wildman–Crippen LogP) is 4.93. The largest absolute Gasteiger partial charge is 0.508 e. The quantitative estimate of drug-likeness (QED) is 0.169. The van der Waals surface area contributed by atoms with Crippen molar-refractivity contribution in [2.75, 3.05) is 82.4 Å². The lowest BCUT2D eigenvalue weighted by Gasteiger charge is -2.40. The first-order valence-corrected chi connectivity index (χ1v) is 27.0. The number of rotatable bonds is 9. The molecule has 1 saturated carbocycles. The lowest BCUT2D eigenvalue weighted by molar-refractivity contribution is -0.138. The minimum Gasteiger partial charge on any atom is -0.508 e. The monoisotopic (exact) mass is 1010 g/mol. The van der Waals surface area contributed by atoms with Crippen LogP contribution in [0.15, 0.2) is 60.8 Å². The SMILES string of the molecule is CN1C[C@H](N2CCN(C(=O)C3CCN(c4ccc5c(c4)CN(C4CCC(=O)NC4=O)C5=O)CC3)CC2)C[C@@H]1COc1nc(N2CC3CC4CCC4CC(C2)N3)c2cnc(-c3cc(O)cc4ccccc34)c(F)c2n1. The highest BCUT2D eigenvalue weighted by molar-refractivity contribution is 6.05. The summed E-state index contributed by atoms with van der Waals surface area (Å²) in [7, 11) is 2.12. The number of nitrogens with one attached hydrogen (secondary N) is 2. The predicted molar refractivity (Wildman–Crippen MR) is 276 cm³/mol. The van der Waals surface area contributed by atoms with Crippen LogP contribution in [0.25, 0.3) is 32.9 Å². The number of hydrogen-bond acceptors (Lipinski definition) is 14. The summed E-state index contributed by atoms with van der Waals surface area (Å²) < 4.78 is 23.8. The molecule has 7 aliphatic heterocycles. The molecule has 3 aromatic carbocycles. The highest BCUT2D eigenvalue weighted by Crippen LogP contribution is 2.45. The van der Waals surface area contributed by atoms with Crippen LogP contribution in [0.2, 0.25) is 0 Å². The number of carbonyl (C=O) groups is 4. The Hall–Kier alpha value is -6.50. The fourth-order valence-corrected chi connectivity index (χ4v) is 13.9. The Balaban J connectivity index is 0.648. The summed E-state index contributed by atoms with van der Waals surface area (Å²) in [5.41, 5.74) is 3.26. The van der Waals surface area contributed by atoms with Gasteiger partial charge in [-0.2, -0.15) is 9.97 Å². The van der Waals surface area contributed by atoms with E-state index in [-0.39, 0.29) is 59.1 Å². The number of hydrogen-bond donors (Lipinski definition) is 3. The van der Waals surface area contributed by atoms with Crippen molar-refractivity contribution in [2.45, 2.75) is 94.5 Å². The molecule has 5 aromatic rings. The van der Waals surface area contributed by atoms with Crippen LogP contribution in [0.4, 0.5) is 15.9 Å². The summed E-state index contributed by atoms with van der Waals surface area (Å²) in [6, 6.07) is 17.2. The lowest BCUT2D eigenvalue weighted by atomic mass is 9.69. The topological polar surface area (TPSA) is 180 Å². The molecule has 386 valence electrons. The Bertz CT molecular complexity index is 3050. The molecule has 9 heterocycles. The Kier molecular flexibility index (Phi) is 12.1. The average molecular weight is 1010 g/mol. The molecule has 18 heteroatoms. The number of piperidine rings is 2. The van der Waals surface area contributed by atoms with Crippen LogP contribution in [0.5, 0.6) is 11.8 Å². The molecule has 8 aliphatic rings. The van der Waals surface area contributed by atoms with Gasteiger partial charge in [0, 0.05) is 125 Å². The molecule has 3 N–H and O–H groups in total. The van der Waals surface area contributed by atoms with Crippen LogP contribution in [0.3, 0.4) is 0 Å². The molecule has 74 heavy (non-hydrogen) atoms. The number of aromatic hydroxyl groups is 1. The molecule has 7 fully saturated rings. The van der Waals surface area contributed by atoms with E-state index in [2.05, 4.69) is 42.2 Å². The number of ether oxygens (including phenoxy) is 1. The first-order valence-electron chi connectivity index (χ1n) is 27.0. The average Bonchev–Trinajstić information content (AvgIpc) is 3.93. The summed E-state index contributed by atoms with van der Waals surface area (Å²) >= 11 is 0. The van der Waals surface area contributed by atoms with Gasteiger partial charge in [0.1, 0.15) is 35.4 Å². The van der Waals surface area contributed by atoms with E-state index in [1.54, 1.807) is 23.2 Å². The highest BCUT2D eigenvalue weighted by atomic mass is 19.1. The van der Waals surface area contributed by atoms with Gasteiger partial charge in [-0.25, -0.2) is 4.39 Å². The maximum absolute atomic E-state index is 17.2. The smallest absolute Gasteiger partial charge is 0.319 e. The van der Waals surface area contributed by atoms with Crippen LogP contribution in [0, 0.1) is 23.6 Å². The highest BCUT2D eigenvalue weighted by Gasteiger charge is 2.43. The number of nitrogens with zero attached hydrogens (tertiary/aromatic N) is 9. The number of aromatic nitrogens is 3. The molecule has 0 radical (unpaired) electrons. The van der Waals surface area contributed by atoms with Crippen molar-refractivity contribution in [3.05, 3.63) is 77.7 Å². The van der Waals surface area contributed by atoms with E-state index in [1.807, 2.05) is 42.5 Å². The van der Waals surface area contributed by atoms with E-state index >= 15 is 4.39 Å². The van der Waals surface area contributed by atoms with Crippen molar-refractivity contribution in [3.8, 4) is 23.0 Å². The number of imide groups is 1. The van der Waals surface area contributed by atoms with E-state index < -0.39 is 17.8 Å². The van der Waals surface area contributed by atoms with Crippen LogP contribution in [-0.2, 0) is 20.9 Å². The fraction of sp³-hybridized carbons (Fsp3) is 0.518. The van der Waals surface area contributed by atoms with Crippen LogP contribution in [0.1, 0.15) is 73.7 Å². The first kappa shape index (κ1) is 47.2. The van der Waals surface area contributed by atoms with Gasteiger partial charge < -0.3 is 34.8 Å². The lowest BCUT2D eigenvalue weighted by Crippen LogP contribution is -2.56. The number of pyridine rings is 1. The third kappa shape index (κ3) is 8.65. The molecule has 13 rings (SSSR count). The zero-order valence-electron chi connectivity index (χ0n) is 41.9. The van der Waals surface area contributed by atoms with Gasteiger partial charge in [-0.15, -0.1) is 0 Å². The number of likely N-dealkylation sites (tertiary alicyclic amines) is 1. The van der Waals surface area contributed by atoms with Gasteiger partial charge in [0.15, 0.2) is 5.82 Å². The van der Waals surface area contributed by atoms with Crippen molar-refractivity contribution < 1.29 is 33.4 Å². The van der Waals surface area contributed by atoms with Gasteiger partial charge >= 0.3 is 6.01 Å². The number of phenolic OH excluding ortho intramolecular Hbond substituents is 1. The summed E-state index contributed by atoms with van der Waals surface area (Å²) in [4.78, 5) is 79.1. The Morgan fingerprint density at radius 3 is 2.35 bits per heavy atom. The number of fused-ring (bicyclic) bond motifs is 6. The Morgan fingerprint density at radius 1 is 0.824 bits per heavy atom. The van der Waals surface area contributed by atoms with Crippen molar-refractivity contribution in [2.24, 2.45) is 17.8 Å². The molecule has 4 amide bonds. The van der Waals surface area contributed by atoms with Gasteiger partial charge in [-0.05, 0) is 117 Å². The van der Waals surface area contributed by atoms with Gasteiger partial charge in [0.25, 0.3) is 5.91 Å². The molecule has 6 saturated heterocycles. The van der Waals surface area contributed by atoms with E-state index in [1.165, 1.54) is 12.8 Å². The molecule has 17 nitrogen and oxygen atoms in total. The molecular weight excluding hydrogens is 942 g/mol. The maximum Gasteiger partial charge on any atom is 0.319 e. The van der Waals surface area contributed by atoms with E-state index in [0.29, 0.717) is 73.1 Å². The minimum absolute atomic E-state index is 0.0333. The van der Waals surface area contributed by atoms with Crippen LogP contribution >= 0.6 is 0 Å². The number of piperazine rings is 2. The van der Waals surface area contributed by atoms with Gasteiger partial charge in [0.05, 0.1) is 5.39 Å². The van der Waals surface area contributed by atoms with E-state index in [9.17, 15) is 24.3 Å². The second-order valence-electron chi connectivity index (χ2n) is 22.4. The number of benzene rings is 3. The molecule has 2 bridgehead atoms. The first-order chi connectivity index (χ1) is 36.0. The Labute approximate surface area is 429 Å². The van der Waals surface area contributed by atoms with Crippen LogP contribution in [-0.4, -0.2) is 166 Å². The van der Waals surface area contributed by atoms with Gasteiger partial charge in [-0.3, -0.25) is 39.3 Å². The van der Waals surface area contributed by atoms with Gasteiger partial charge in [0.2, 0.25) is 17.7 Å². The van der Waals surface area contributed by atoms with Crippen molar-refractivity contribution >= 4 is 56.8 Å². The molecule has 1 aliphatic carbocycles. The van der Waals surface area contributed by atoms with Gasteiger partial charge in [-0.1, -0.05) is 24.3 Å². The third-order valence-electron chi connectivity index (χ3n) is 18.1. The minimum atomic E-state index is -0.645. The van der Waals surface area contributed by atoms with Crippen molar-refractivity contribution in [3.63, 3.8) is 0 Å². The number of anilines is 2. The molecule has 7 atom stereocenters. The van der Waals surface area contributed by atoms with Crippen molar-refractivity contribution in [1.29, 1.82) is 0 Å². The second-order valence-corrected chi connectivity index (χ2v) is 22.4. The van der Waals surface area contributed by atoms with Crippen LogP contribution < -0.4 is 25.2 Å². The Morgan fingerprint density at radius 2 is 1.59 bits per heavy atom. The second kappa shape index (κ2) is 19.0. The molecular formula is C56H64FN11O6. The summed E-state index contributed by atoms with van der Waals surface area (Å²) in [5.74, 6) is 0.923. The fourth-order valence-electron chi connectivity index (χ4n) is 13.9. The summed E-state index contributed by atoms with van der Waals surface area (Å²) in [6.07, 6.45) is 9.49. The number of amides is 4. The summed E-state index contributed by atoms with van der Waals surface area (Å²) in [6.45, 7) is 7.52. The normalized spacial score (nSPS) is 27.8. The standard InChI is InChI=1S/C56H64FN11O6/c1-63-30-40(65-16-18-66(19-17-65)54(72)32-12-14-64(15-13-32)39-8-9-44-36(22-39)27-68(55(44)73)47-10-11-48(70)60-53(47)71)24-41(63)31-74-56-61-51-46(52(62-56)67-28-37-20-33-6-7-34(33)21-38(29-67)59-37)26-58-50(49(51)57)45-25-42(69)23-35-4-2-3-5-43(35)45/h2-5,8-9,22-23,25-26,32-34,37-38,40-41,47,59,69H,6-7,10-21,24,27-31H2,1H3,(H,60,70,71)/t33?,34?,37?,38?,40-,41-,47?/m1/s1. The zero-order chi connectivity index (χ0) is 50.4. The van der Waals surface area contributed by atoms with E-state index in [4.69, 9.17) is 19.7 Å². The van der Waals surface area contributed by atoms with E-state index in [0.717, 1.165) is 112 Å². The number of halogens is 1. The molecule has 2 aromatic heterocycles. The summed E-state index contributed by atoms with van der Waals surface area (Å²) in [5, 5.41) is 19.1. The number of phenols is 1. The maximum atomic E-state index is 17.2. The third-order valence-corrected chi connectivity index (χ3v) is 18.1.